The van der Waals surface area contributed by atoms with Crippen LogP contribution in [0.5, 0.6) is 0 Å². The van der Waals surface area contributed by atoms with E-state index in [1.54, 1.807) is 20.8 Å². The van der Waals surface area contributed by atoms with E-state index in [1.807, 2.05) is 0 Å². The molecule has 0 saturated carbocycles. The van der Waals surface area contributed by atoms with E-state index in [9.17, 15) is 0 Å². The van der Waals surface area contributed by atoms with Crippen molar-refractivity contribution in [1.82, 2.24) is 0 Å². The standard InChI is InChI=1S/C3H8O2.3C2H6O/c4-2-1-3-5;3*1-2-3/h4-5H,1-3H2;3*3H,2H2,1H3. The van der Waals surface area contributed by atoms with Crippen molar-refractivity contribution in [3.8, 4) is 0 Å². The summed E-state index contributed by atoms with van der Waals surface area (Å²) in [4.78, 5) is 0. The third kappa shape index (κ3) is 425. The zero-order valence-electron chi connectivity index (χ0n) is 9.48. The van der Waals surface area contributed by atoms with Gasteiger partial charge in [-0.3, -0.25) is 0 Å². The maximum Gasteiger partial charge on any atom is 0.0452 e. The van der Waals surface area contributed by atoms with Crippen LogP contribution in [0.1, 0.15) is 27.2 Å². The monoisotopic (exact) mass is 214 g/mol. The van der Waals surface area contributed by atoms with Crippen LogP contribution in [0.15, 0.2) is 0 Å². The molecular weight excluding hydrogens is 188 g/mol. The Kier molecular flexibility index (Phi) is 89.1. The topological polar surface area (TPSA) is 101 Å². The largest absolute Gasteiger partial charge is 0.397 e. The summed E-state index contributed by atoms with van der Waals surface area (Å²) in [5, 5.41) is 38.5. The molecule has 0 aromatic heterocycles. The first-order valence-corrected chi connectivity index (χ1v) is 4.70. The van der Waals surface area contributed by atoms with Gasteiger partial charge in [0.1, 0.15) is 0 Å². The fourth-order valence-electron chi connectivity index (χ4n) is 0.0707. The highest BCUT2D eigenvalue weighted by molar-refractivity contribution is 4.22. The number of hydrogen-bond donors (Lipinski definition) is 5. The van der Waals surface area contributed by atoms with Crippen molar-refractivity contribution in [2.24, 2.45) is 0 Å². The van der Waals surface area contributed by atoms with E-state index in [-0.39, 0.29) is 33.0 Å². The molecule has 5 N–H and O–H groups in total. The van der Waals surface area contributed by atoms with Gasteiger partial charge in [0.15, 0.2) is 0 Å². The van der Waals surface area contributed by atoms with Crippen molar-refractivity contribution in [3.05, 3.63) is 0 Å². The molecule has 0 spiro atoms. The Bertz CT molecular complexity index is 37.4. The van der Waals surface area contributed by atoms with E-state index in [1.165, 1.54) is 0 Å². The molecular formula is C9H26O5. The minimum atomic E-state index is 0.0938. The summed E-state index contributed by atoms with van der Waals surface area (Å²) >= 11 is 0. The predicted molar refractivity (Wildman–Crippen MR) is 57.1 cm³/mol. The van der Waals surface area contributed by atoms with E-state index in [2.05, 4.69) is 0 Å². The van der Waals surface area contributed by atoms with Crippen molar-refractivity contribution in [3.63, 3.8) is 0 Å². The minimum absolute atomic E-state index is 0.0938. The summed E-state index contributed by atoms with van der Waals surface area (Å²) in [6, 6.07) is 0. The second-order valence-electron chi connectivity index (χ2n) is 1.75. The van der Waals surface area contributed by atoms with Crippen LogP contribution >= 0.6 is 0 Å². The van der Waals surface area contributed by atoms with Crippen LogP contribution in [-0.4, -0.2) is 58.6 Å². The van der Waals surface area contributed by atoms with Gasteiger partial charge in [-0.25, -0.2) is 0 Å². The lowest BCUT2D eigenvalue weighted by atomic mass is 10.5. The number of aliphatic hydroxyl groups is 5. The summed E-state index contributed by atoms with van der Waals surface area (Å²) in [6.45, 7) is 5.98. The molecule has 0 aliphatic carbocycles. The lowest BCUT2D eigenvalue weighted by molar-refractivity contribution is 0.221. The van der Waals surface area contributed by atoms with E-state index < -0.39 is 0 Å². The van der Waals surface area contributed by atoms with Crippen LogP contribution in [0.25, 0.3) is 0 Å². The maximum absolute atomic E-state index is 7.91. The highest BCUT2D eigenvalue weighted by atomic mass is 16.3. The SMILES string of the molecule is CCO.CCO.CCO.OCCCO. The first-order valence-electron chi connectivity index (χ1n) is 4.70. The molecule has 0 aliphatic heterocycles. The van der Waals surface area contributed by atoms with Gasteiger partial charge < -0.3 is 25.5 Å². The lowest BCUT2D eigenvalue weighted by Crippen LogP contribution is -1.85. The summed E-state index contributed by atoms with van der Waals surface area (Å²) in [7, 11) is 0. The quantitative estimate of drug-likeness (QED) is 0.421. The van der Waals surface area contributed by atoms with E-state index >= 15 is 0 Å². The molecule has 0 aliphatic rings. The van der Waals surface area contributed by atoms with Gasteiger partial charge in [-0.05, 0) is 27.2 Å². The smallest absolute Gasteiger partial charge is 0.0452 e. The van der Waals surface area contributed by atoms with E-state index in [4.69, 9.17) is 25.5 Å². The molecule has 92 valence electrons. The molecule has 0 rings (SSSR count). The van der Waals surface area contributed by atoms with Crippen molar-refractivity contribution < 1.29 is 25.5 Å². The fourth-order valence-corrected chi connectivity index (χ4v) is 0.0707. The van der Waals surface area contributed by atoms with Crippen molar-refractivity contribution in [2.75, 3.05) is 33.0 Å². The first-order chi connectivity index (χ1) is 6.66. The molecule has 0 heterocycles. The van der Waals surface area contributed by atoms with E-state index in [0.29, 0.717) is 6.42 Å². The van der Waals surface area contributed by atoms with Crippen LogP contribution in [0.3, 0.4) is 0 Å². The Hall–Kier alpha value is -0.200. The van der Waals surface area contributed by atoms with Crippen molar-refractivity contribution >= 4 is 0 Å². The third-order valence-corrected chi connectivity index (χ3v) is 0.316. The van der Waals surface area contributed by atoms with Gasteiger partial charge in [-0.15, -0.1) is 0 Å². The highest BCUT2D eigenvalue weighted by Crippen LogP contribution is 1.65. The Morgan fingerprint density at radius 2 is 0.714 bits per heavy atom. The van der Waals surface area contributed by atoms with Gasteiger partial charge >= 0.3 is 0 Å². The van der Waals surface area contributed by atoms with Crippen molar-refractivity contribution in [2.45, 2.75) is 27.2 Å². The maximum atomic E-state index is 7.91. The average Bonchev–Trinajstić information content (AvgIpc) is 2.09. The first kappa shape index (κ1) is 23.5. The van der Waals surface area contributed by atoms with Gasteiger partial charge in [0.05, 0.1) is 0 Å². The van der Waals surface area contributed by atoms with Crippen molar-refractivity contribution in [1.29, 1.82) is 0 Å². The summed E-state index contributed by atoms with van der Waals surface area (Å²) in [5.41, 5.74) is 0. The molecule has 0 amide bonds. The predicted octanol–water partition coefficient (Wildman–Crippen LogP) is -0.643. The average molecular weight is 214 g/mol. The molecule has 0 atom stereocenters. The summed E-state index contributed by atoms with van der Waals surface area (Å²) < 4.78 is 0. The van der Waals surface area contributed by atoms with E-state index in [0.717, 1.165) is 0 Å². The molecule has 0 unspecified atom stereocenters. The Balaban J connectivity index is -0.0000000495. The third-order valence-electron chi connectivity index (χ3n) is 0.316. The van der Waals surface area contributed by atoms with Gasteiger partial charge in [0.25, 0.3) is 0 Å². The van der Waals surface area contributed by atoms with Crippen LogP contribution in [0, 0.1) is 0 Å². The van der Waals surface area contributed by atoms with Crippen LogP contribution in [0.2, 0.25) is 0 Å². The highest BCUT2D eigenvalue weighted by Gasteiger charge is 1.70. The molecule has 0 aromatic carbocycles. The lowest BCUT2D eigenvalue weighted by Gasteiger charge is -1.79. The molecule has 0 saturated heterocycles. The molecule has 0 fully saturated rings. The number of aliphatic hydroxyl groups excluding tert-OH is 5. The van der Waals surface area contributed by atoms with Crippen LogP contribution in [-0.2, 0) is 0 Å². The Morgan fingerprint density at radius 3 is 0.714 bits per heavy atom. The van der Waals surface area contributed by atoms with Crippen LogP contribution in [0.4, 0.5) is 0 Å². The zero-order valence-corrected chi connectivity index (χ0v) is 9.48. The van der Waals surface area contributed by atoms with Gasteiger partial charge in [0, 0.05) is 33.0 Å². The van der Waals surface area contributed by atoms with Gasteiger partial charge in [-0.2, -0.15) is 0 Å². The molecule has 0 radical (unpaired) electrons. The number of hydrogen-bond acceptors (Lipinski definition) is 5. The summed E-state index contributed by atoms with van der Waals surface area (Å²) in [5.74, 6) is 0. The molecule has 0 aromatic rings. The second-order valence-corrected chi connectivity index (χ2v) is 1.75. The van der Waals surface area contributed by atoms with Gasteiger partial charge in [0.2, 0.25) is 0 Å². The van der Waals surface area contributed by atoms with Crippen LogP contribution < -0.4 is 0 Å². The molecule has 5 nitrogen and oxygen atoms in total. The second kappa shape index (κ2) is 53.0. The Morgan fingerprint density at radius 1 is 0.571 bits per heavy atom. The zero-order chi connectivity index (χ0) is 12.2. The summed E-state index contributed by atoms with van der Waals surface area (Å²) in [6.07, 6.45) is 0.500. The molecule has 14 heavy (non-hydrogen) atoms. The minimum Gasteiger partial charge on any atom is -0.397 e. The fraction of sp³-hybridized carbons (Fsp3) is 1.00. The molecule has 0 bridgehead atoms. The normalized spacial score (nSPS) is 6.86. The molecule has 5 heteroatoms. The number of rotatable bonds is 2. The van der Waals surface area contributed by atoms with Gasteiger partial charge in [-0.1, -0.05) is 0 Å². The Labute approximate surface area is 86.6 Å².